The molecule has 3 heterocycles. The van der Waals surface area contributed by atoms with Crippen LogP contribution >= 0.6 is 0 Å². The molecule has 94 valence electrons. The third-order valence-corrected chi connectivity index (χ3v) is 3.50. The Hall–Kier alpha value is -1.75. The molecular formula is C13H16N4O. The molecule has 0 spiro atoms. The number of aromatic nitrogens is 3. The van der Waals surface area contributed by atoms with Gasteiger partial charge >= 0.3 is 0 Å². The van der Waals surface area contributed by atoms with Crippen LogP contribution in [-0.4, -0.2) is 28.2 Å². The summed E-state index contributed by atoms with van der Waals surface area (Å²) < 4.78 is 5.39. The Morgan fingerprint density at radius 1 is 1.39 bits per heavy atom. The first kappa shape index (κ1) is 11.3. The lowest BCUT2D eigenvalue weighted by atomic mass is 9.98. The average Bonchev–Trinajstić information content (AvgIpc) is 2.98. The van der Waals surface area contributed by atoms with Gasteiger partial charge in [-0.2, -0.15) is 4.98 Å². The highest BCUT2D eigenvalue weighted by atomic mass is 16.5. The molecule has 1 fully saturated rings. The van der Waals surface area contributed by atoms with Crippen molar-refractivity contribution >= 4 is 0 Å². The molecule has 1 saturated heterocycles. The number of pyridine rings is 1. The molecule has 0 saturated carbocycles. The molecule has 0 aromatic carbocycles. The van der Waals surface area contributed by atoms with Gasteiger partial charge in [0, 0.05) is 12.7 Å². The van der Waals surface area contributed by atoms with Crippen LogP contribution < -0.4 is 5.32 Å². The van der Waals surface area contributed by atoms with Crippen LogP contribution in [0.5, 0.6) is 0 Å². The van der Waals surface area contributed by atoms with Crippen molar-refractivity contribution in [2.45, 2.75) is 19.8 Å². The fourth-order valence-electron chi connectivity index (χ4n) is 2.34. The van der Waals surface area contributed by atoms with Crippen molar-refractivity contribution in [3.63, 3.8) is 0 Å². The zero-order chi connectivity index (χ0) is 12.5. The van der Waals surface area contributed by atoms with Crippen molar-refractivity contribution in [3.05, 3.63) is 29.8 Å². The molecule has 2 unspecified atom stereocenters. The van der Waals surface area contributed by atoms with E-state index in [1.165, 1.54) is 0 Å². The molecule has 0 amide bonds. The minimum atomic E-state index is 0.315. The Morgan fingerprint density at radius 3 is 3.00 bits per heavy atom. The van der Waals surface area contributed by atoms with Crippen molar-refractivity contribution < 1.29 is 4.52 Å². The third kappa shape index (κ3) is 1.90. The van der Waals surface area contributed by atoms with Crippen LogP contribution in [0.15, 0.2) is 22.9 Å². The van der Waals surface area contributed by atoms with Crippen LogP contribution in [0, 0.1) is 12.8 Å². The Kier molecular flexibility index (Phi) is 2.83. The second-order valence-corrected chi connectivity index (χ2v) is 4.87. The summed E-state index contributed by atoms with van der Waals surface area (Å²) in [4.78, 5) is 8.80. The van der Waals surface area contributed by atoms with Crippen molar-refractivity contribution in [2.75, 3.05) is 13.1 Å². The van der Waals surface area contributed by atoms with Gasteiger partial charge < -0.3 is 9.84 Å². The van der Waals surface area contributed by atoms with Crippen LogP contribution in [0.4, 0.5) is 0 Å². The van der Waals surface area contributed by atoms with Crippen molar-refractivity contribution in [1.82, 2.24) is 20.4 Å². The molecule has 0 bridgehead atoms. The lowest BCUT2D eigenvalue weighted by Crippen LogP contribution is -2.08. The minimum absolute atomic E-state index is 0.315. The Bertz CT molecular complexity index is 551. The topological polar surface area (TPSA) is 63.8 Å². The third-order valence-electron chi connectivity index (χ3n) is 3.50. The van der Waals surface area contributed by atoms with Crippen molar-refractivity contribution in [3.8, 4) is 11.5 Å². The van der Waals surface area contributed by atoms with E-state index in [9.17, 15) is 0 Å². The highest BCUT2D eigenvalue weighted by Crippen LogP contribution is 2.28. The Morgan fingerprint density at radius 2 is 2.28 bits per heavy atom. The van der Waals surface area contributed by atoms with E-state index in [0.29, 0.717) is 23.6 Å². The maximum atomic E-state index is 5.39. The molecule has 2 aromatic heterocycles. The average molecular weight is 244 g/mol. The molecule has 5 nitrogen and oxygen atoms in total. The quantitative estimate of drug-likeness (QED) is 0.872. The van der Waals surface area contributed by atoms with Crippen LogP contribution in [0.2, 0.25) is 0 Å². The van der Waals surface area contributed by atoms with E-state index in [0.717, 1.165) is 24.3 Å². The standard InChI is InChI=1S/C13H16N4O/c1-8-4-3-5-15-11(8)12-16-13(18-17-12)10-7-14-6-9(10)2/h3-5,9-10,14H,6-7H2,1-2H3. The van der Waals surface area contributed by atoms with Crippen LogP contribution in [0.1, 0.15) is 24.3 Å². The monoisotopic (exact) mass is 244 g/mol. The predicted octanol–water partition coefficient (Wildman–Crippen LogP) is 1.76. The summed E-state index contributed by atoms with van der Waals surface area (Å²) in [6, 6.07) is 3.90. The normalized spacial score (nSPS) is 23.4. The molecule has 2 aromatic rings. The Balaban J connectivity index is 1.92. The van der Waals surface area contributed by atoms with Gasteiger partial charge in [-0.15, -0.1) is 0 Å². The summed E-state index contributed by atoms with van der Waals surface area (Å²) in [7, 11) is 0. The van der Waals surface area contributed by atoms with Gasteiger partial charge in [-0.05, 0) is 31.0 Å². The molecule has 1 aliphatic rings. The molecule has 2 atom stereocenters. The molecule has 18 heavy (non-hydrogen) atoms. The van der Waals surface area contributed by atoms with E-state index < -0.39 is 0 Å². The largest absolute Gasteiger partial charge is 0.339 e. The second-order valence-electron chi connectivity index (χ2n) is 4.87. The maximum Gasteiger partial charge on any atom is 0.231 e. The summed E-state index contributed by atoms with van der Waals surface area (Å²) in [6.07, 6.45) is 1.75. The van der Waals surface area contributed by atoms with Gasteiger partial charge in [-0.25, -0.2) is 0 Å². The van der Waals surface area contributed by atoms with E-state index in [2.05, 4.69) is 27.4 Å². The van der Waals surface area contributed by atoms with E-state index in [4.69, 9.17) is 4.52 Å². The fraction of sp³-hybridized carbons (Fsp3) is 0.462. The number of nitrogens with zero attached hydrogens (tertiary/aromatic N) is 3. The number of nitrogens with one attached hydrogen (secondary N) is 1. The van der Waals surface area contributed by atoms with E-state index in [1.807, 2.05) is 19.1 Å². The van der Waals surface area contributed by atoms with Gasteiger partial charge in [0.2, 0.25) is 11.7 Å². The highest BCUT2D eigenvalue weighted by Gasteiger charge is 2.29. The van der Waals surface area contributed by atoms with Gasteiger partial charge in [0.1, 0.15) is 5.69 Å². The highest BCUT2D eigenvalue weighted by molar-refractivity contribution is 5.53. The zero-order valence-electron chi connectivity index (χ0n) is 10.6. The van der Waals surface area contributed by atoms with Crippen LogP contribution in [-0.2, 0) is 0 Å². The fourth-order valence-corrected chi connectivity index (χ4v) is 2.34. The molecule has 0 radical (unpaired) electrons. The minimum Gasteiger partial charge on any atom is -0.339 e. The zero-order valence-corrected chi connectivity index (χ0v) is 10.6. The number of aryl methyl sites for hydroxylation is 1. The lowest BCUT2D eigenvalue weighted by Gasteiger charge is -2.07. The molecular weight excluding hydrogens is 228 g/mol. The molecule has 1 N–H and O–H groups in total. The van der Waals surface area contributed by atoms with E-state index in [1.54, 1.807) is 6.20 Å². The molecule has 3 rings (SSSR count). The van der Waals surface area contributed by atoms with Crippen LogP contribution in [0.25, 0.3) is 11.5 Å². The molecule has 5 heteroatoms. The Labute approximate surface area is 106 Å². The summed E-state index contributed by atoms with van der Waals surface area (Å²) in [5.41, 5.74) is 1.86. The van der Waals surface area contributed by atoms with E-state index in [-0.39, 0.29) is 0 Å². The molecule has 1 aliphatic heterocycles. The van der Waals surface area contributed by atoms with Gasteiger partial charge in [0.25, 0.3) is 0 Å². The smallest absolute Gasteiger partial charge is 0.231 e. The number of hydrogen-bond donors (Lipinski definition) is 1. The van der Waals surface area contributed by atoms with Crippen molar-refractivity contribution in [2.24, 2.45) is 5.92 Å². The lowest BCUT2D eigenvalue weighted by molar-refractivity contribution is 0.340. The summed E-state index contributed by atoms with van der Waals surface area (Å²) in [6.45, 7) is 6.10. The van der Waals surface area contributed by atoms with Crippen molar-refractivity contribution in [1.29, 1.82) is 0 Å². The number of rotatable bonds is 2. The number of hydrogen-bond acceptors (Lipinski definition) is 5. The second kappa shape index (κ2) is 4.49. The maximum absolute atomic E-state index is 5.39. The SMILES string of the molecule is Cc1cccnc1-c1noc(C2CNCC2C)n1. The van der Waals surface area contributed by atoms with Gasteiger partial charge in [0.05, 0.1) is 5.92 Å². The van der Waals surface area contributed by atoms with E-state index >= 15 is 0 Å². The van der Waals surface area contributed by atoms with Gasteiger partial charge in [0.15, 0.2) is 0 Å². The predicted molar refractivity (Wildman–Crippen MR) is 67.0 cm³/mol. The van der Waals surface area contributed by atoms with Crippen LogP contribution in [0.3, 0.4) is 0 Å². The first-order chi connectivity index (χ1) is 8.75. The summed E-state index contributed by atoms with van der Waals surface area (Å²) in [5.74, 6) is 2.15. The molecule has 0 aliphatic carbocycles. The summed E-state index contributed by atoms with van der Waals surface area (Å²) >= 11 is 0. The van der Waals surface area contributed by atoms with Gasteiger partial charge in [-0.1, -0.05) is 18.1 Å². The first-order valence-electron chi connectivity index (χ1n) is 6.22. The summed E-state index contributed by atoms with van der Waals surface area (Å²) in [5, 5.41) is 7.39. The first-order valence-corrected chi connectivity index (χ1v) is 6.22. The van der Waals surface area contributed by atoms with Gasteiger partial charge in [-0.3, -0.25) is 4.98 Å².